The third-order valence-corrected chi connectivity index (χ3v) is 5.88. The van der Waals surface area contributed by atoms with Gasteiger partial charge in [0, 0.05) is 24.3 Å². The first kappa shape index (κ1) is 29.0. The van der Waals surface area contributed by atoms with E-state index in [2.05, 4.69) is 25.3 Å². The molecule has 1 aromatic heterocycles. The summed E-state index contributed by atoms with van der Waals surface area (Å²) < 4.78 is 9.80. The molecule has 1 fully saturated rings. The van der Waals surface area contributed by atoms with Gasteiger partial charge in [0.1, 0.15) is 12.9 Å². The van der Waals surface area contributed by atoms with Crippen LogP contribution in [0.2, 0.25) is 0 Å². The molecule has 13 nitrogen and oxygen atoms in total. The van der Waals surface area contributed by atoms with Crippen molar-refractivity contribution in [2.24, 2.45) is 4.99 Å². The minimum absolute atomic E-state index is 0.0987. The maximum atomic E-state index is 13.4. The monoisotopic (exact) mass is 540 g/mol. The van der Waals surface area contributed by atoms with Crippen LogP contribution in [0.5, 0.6) is 0 Å². The molecule has 0 bridgehead atoms. The van der Waals surface area contributed by atoms with Gasteiger partial charge >= 0.3 is 12.1 Å². The minimum Gasteiger partial charge on any atom is -0.426 e. The predicted molar refractivity (Wildman–Crippen MR) is 142 cm³/mol. The maximum Gasteiger partial charge on any atom is 0.423 e. The fraction of sp³-hybridized carbons (Fsp3) is 0.385. The third kappa shape index (κ3) is 7.29. The van der Waals surface area contributed by atoms with Gasteiger partial charge in [-0.15, -0.1) is 0 Å². The number of aromatic nitrogens is 1. The first-order chi connectivity index (χ1) is 18.7. The zero-order chi connectivity index (χ0) is 28.5. The number of ether oxygens (including phenoxy) is 2. The van der Waals surface area contributed by atoms with Crippen LogP contribution in [0.1, 0.15) is 63.7 Å². The van der Waals surface area contributed by atoms with E-state index in [0.29, 0.717) is 23.2 Å². The second kappa shape index (κ2) is 13.3. The number of anilines is 1. The van der Waals surface area contributed by atoms with Crippen molar-refractivity contribution in [3.8, 4) is 0 Å². The number of hydrogen-bond acceptors (Lipinski definition) is 8. The summed E-state index contributed by atoms with van der Waals surface area (Å²) in [5.41, 5.74) is 2.07. The molecule has 0 unspecified atom stereocenters. The van der Waals surface area contributed by atoms with Crippen molar-refractivity contribution in [2.75, 3.05) is 24.8 Å². The van der Waals surface area contributed by atoms with Gasteiger partial charge in [-0.3, -0.25) is 15.0 Å². The zero-order valence-corrected chi connectivity index (χ0v) is 22.0. The summed E-state index contributed by atoms with van der Waals surface area (Å²) in [6.07, 6.45) is 3.67. The number of H-pyrrole nitrogens is 1. The number of aryl methyl sites for hydroxylation is 1. The molecular formula is C26H32N6O7. The van der Waals surface area contributed by atoms with Crippen LogP contribution < -0.4 is 15.5 Å². The number of esters is 1. The fourth-order valence-electron chi connectivity index (χ4n) is 3.64. The van der Waals surface area contributed by atoms with Gasteiger partial charge < -0.3 is 30.2 Å². The lowest BCUT2D eigenvalue weighted by Gasteiger charge is -2.25. The van der Waals surface area contributed by atoms with Gasteiger partial charge in [0.25, 0.3) is 11.8 Å². The Labute approximate surface area is 225 Å². The Balaban J connectivity index is 2.07. The van der Waals surface area contributed by atoms with Crippen LogP contribution in [-0.2, 0) is 14.3 Å². The first-order valence-electron chi connectivity index (χ1n) is 12.4. The van der Waals surface area contributed by atoms with Gasteiger partial charge in [-0.25, -0.2) is 19.5 Å². The van der Waals surface area contributed by atoms with E-state index in [9.17, 15) is 19.2 Å². The Morgan fingerprint density at radius 3 is 2.59 bits per heavy atom. The van der Waals surface area contributed by atoms with E-state index in [1.165, 1.54) is 12.3 Å². The molecule has 0 atom stereocenters. The van der Waals surface area contributed by atoms with Gasteiger partial charge in [0.05, 0.1) is 16.9 Å². The lowest BCUT2D eigenvalue weighted by Crippen LogP contribution is -2.40. The van der Waals surface area contributed by atoms with Crippen molar-refractivity contribution in [2.45, 2.75) is 46.1 Å². The lowest BCUT2D eigenvalue weighted by molar-refractivity contribution is -0.154. The number of aliphatic hydroxyl groups excluding tert-OH is 1. The fourth-order valence-corrected chi connectivity index (χ4v) is 3.64. The molecule has 39 heavy (non-hydrogen) atoms. The molecule has 0 aliphatic heterocycles. The average Bonchev–Trinajstić information content (AvgIpc) is 3.65. The number of aliphatic hydroxyl groups is 1. The molecule has 1 aliphatic carbocycles. The predicted octanol–water partition coefficient (Wildman–Crippen LogP) is 2.15. The highest BCUT2D eigenvalue weighted by Gasteiger charge is 2.31. The Morgan fingerprint density at radius 2 is 1.95 bits per heavy atom. The number of hydrogen-bond donors (Lipinski definition) is 5. The minimum atomic E-state index is -1.05. The smallest absolute Gasteiger partial charge is 0.423 e. The molecule has 1 aliphatic rings. The Morgan fingerprint density at radius 1 is 1.21 bits per heavy atom. The lowest BCUT2D eigenvalue weighted by atomic mass is 10.1. The van der Waals surface area contributed by atoms with Crippen molar-refractivity contribution in [1.29, 1.82) is 5.41 Å². The van der Waals surface area contributed by atoms with Crippen LogP contribution in [0.25, 0.3) is 0 Å². The number of aromatic amines is 1. The van der Waals surface area contributed by atoms with Gasteiger partial charge in [0.15, 0.2) is 5.84 Å². The number of amidine groups is 1. The number of aliphatic imine (C=N–C) groups is 1. The van der Waals surface area contributed by atoms with Crippen LogP contribution >= 0.6 is 0 Å². The van der Waals surface area contributed by atoms with E-state index in [4.69, 9.17) is 15.3 Å². The third-order valence-electron chi connectivity index (χ3n) is 5.88. The second-order valence-corrected chi connectivity index (χ2v) is 8.83. The van der Waals surface area contributed by atoms with E-state index in [-0.39, 0.29) is 40.6 Å². The average molecular weight is 541 g/mol. The highest BCUT2D eigenvalue weighted by molar-refractivity contribution is 6.24. The van der Waals surface area contributed by atoms with Crippen LogP contribution in [-0.4, -0.2) is 72.1 Å². The van der Waals surface area contributed by atoms with Crippen molar-refractivity contribution in [1.82, 2.24) is 15.6 Å². The number of carbonyl (C=O) groups excluding carboxylic acids is 4. The van der Waals surface area contributed by atoms with Gasteiger partial charge in [0.2, 0.25) is 6.79 Å². The molecule has 1 heterocycles. The molecule has 208 valence electrons. The zero-order valence-electron chi connectivity index (χ0n) is 22.0. The number of nitrogens with one attached hydrogen (secondary N) is 4. The molecule has 1 aromatic carbocycles. The highest BCUT2D eigenvalue weighted by Crippen LogP contribution is 2.27. The molecule has 0 radical (unpaired) electrons. The SMILES string of the molecule is CCCNC(=O)c1c[nH]c(C(=NC=N)N(C(=O)OCOC(=O)CO)c2cc(C(=O)NC3CC3)ccc2C)c1C. The van der Waals surface area contributed by atoms with E-state index in [1.807, 2.05) is 6.92 Å². The number of rotatable bonds is 11. The molecule has 0 spiro atoms. The van der Waals surface area contributed by atoms with Crippen molar-refractivity contribution in [3.63, 3.8) is 0 Å². The van der Waals surface area contributed by atoms with E-state index in [1.54, 1.807) is 26.0 Å². The molecule has 1 saturated carbocycles. The largest absolute Gasteiger partial charge is 0.426 e. The number of benzene rings is 1. The summed E-state index contributed by atoms with van der Waals surface area (Å²) in [5.74, 6) is -1.74. The maximum absolute atomic E-state index is 13.4. The molecular weight excluding hydrogens is 508 g/mol. The Hall–Kier alpha value is -4.52. The molecule has 13 heteroatoms. The summed E-state index contributed by atoms with van der Waals surface area (Å²) in [4.78, 5) is 58.2. The molecule has 3 rings (SSSR count). The Kier molecular flexibility index (Phi) is 9.92. The number of carbonyl (C=O) groups is 4. The molecule has 2 aromatic rings. The molecule has 0 saturated heterocycles. The summed E-state index contributed by atoms with van der Waals surface area (Å²) in [7, 11) is 0. The summed E-state index contributed by atoms with van der Waals surface area (Å²) in [5, 5.41) is 22.2. The second-order valence-electron chi connectivity index (χ2n) is 8.83. The van der Waals surface area contributed by atoms with E-state index >= 15 is 0 Å². The summed E-state index contributed by atoms with van der Waals surface area (Å²) in [6, 6.07) is 4.86. The Bertz CT molecular complexity index is 1280. The quantitative estimate of drug-likeness (QED) is 0.125. The molecule has 5 N–H and O–H groups in total. The van der Waals surface area contributed by atoms with Crippen LogP contribution in [0.4, 0.5) is 10.5 Å². The standard InChI is InChI=1S/C26H32N6O7/c1-4-9-28-25(36)19-11-29-22(16(19)3)23(30-13-27)32(26(37)39-14-38-21(34)12-33)20-10-17(6-5-15(20)2)24(35)31-18-7-8-18/h5-6,10-11,13,18,27,29,33H,4,7-9,12,14H2,1-3H3,(H,28,36)(H,31,35). The topological polar surface area (TPSA) is 186 Å². The van der Waals surface area contributed by atoms with Crippen molar-refractivity contribution in [3.05, 3.63) is 52.3 Å². The van der Waals surface area contributed by atoms with Crippen LogP contribution in [0.15, 0.2) is 29.4 Å². The van der Waals surface area contributed by atoms with Crippen molar-refractivity contribution < 1.29 is 33.8 Å². The van der Waals surface area contributed by atoms with Crippen LogP contribution in [0, 0.1) is 19.3 Å². The van der Waals surface area contributed by atoms with Gasteiger partial charge in [-0.05, 0) is 56.4 Å². The highest BCUT2D eigenvalue weighted by atomic mass is 16.7. The molecule has 3 amide bonds. The first-order valence-corrected chi connectivity index (χ1v) is 12.4. The summed E-state index contributed by atoms with van der Waals surface area (Å²) >= 11 is 0. The van der Waals surface area contributed by atoms with Crippen molar-refractivity contribution >= 4 is 41.7 Å². The number of nitrogens with zero attached hydrogens (tertiary/aromatic N) is 2. The number of amides is 3. The normalized spacial score (nSPS) is 12.9. The van der Waals surface area contributed by atoms with Gasteiger partial charge in [-0.1, -0.05) is 13.0 Å². The van der Waals surface area contributed by atoms with Crippen LogP contribution in [0.3, 0.4) is 0 Å². The van der Waals surface area contributed by atoms with E-state index < -0.39 is 25.5 Å². The summed E-state index contributed by atoms with van der Waals surface area (Å²) in [6.45, 7) is 4.06. The van der Waals surface area contributed by atoms with Gasteiger partial charge in [-0.2, -0.15) is 0 Å². The van der Waals surface area contributed by atoms with E-state index in [0.717, 1.165) is 30.5 Å².